The third-order valence-electron chi connectivity index (χ3n) is 3.11. The lowest BCUT2D eigenvalue weighted by Gasteiger charge is -2.07. The van der Waals surface area contributed by atoms with Crippen LogP contribution in [-0.4, -0.2) is 15.0 Å². The number of benzene rings is 2. The maximum atomic E-state index is 13.4. The third-order valence-corrected chi connectivity index (χ3v) is 4.33. The van der Waals surface area contributed by atoms with Crippen molar-refractivity contribution in [3.63, 3.8) is 0 Å². The molecule has 0 unspecified atom stereocenters. The van der Waals surface area contributed by atoms with Gasteiger partial charge in [-0.2, -0.15) is 8.42 Å². The van der Waals surface area contributed by atoms with E-state index in [1.165, 1.54) is 6.07 Å². The zero-order valence-electron chi connectivity index (χ0n) is 12.1. The number of aryl methyl sites for hydroxylation is 1. The SMILES string of the molecule is Cc1ccc(CS(=O)(=O)OCCc2ccc(F)cc2F)cc1. The van der Waals surface area contributed by atoms with Crippen LogP contribution in [0.3, 0.4) is 0 Å². The molecule has 3 nitrogen and oxygen atoms in total. The minimum Gasteiger partial charge on any atom is -0.270 e. The summed E-state index contributed by atoms with van der Waals surface area (Å²) in [7, 11) is -3.74. The lowest BCUT2D eigenvalue weighted by Crippen LogP contribution is -2.11. The van der Waals surface area contributed by atoms with Gasteiger partial charge in [-0.25, -0.2) is 8.78 Å². The second kappa shape index (κ2) is 6.98. The molecule has 0 aromatic heterocycles. The average molecular weight is 326 g/mol. The fourth-order valence-electron chi connectivity index (χ4n) is 1.93. The maximum absolute atomic E-state index is 13.4. The van der Waals surface area contributed by atoms with Crippen LogP contribution in [0.15, 0.2) is 42.5 Å². The smallest absolute Gasteiger partial charge is 0.270 e. The Labute approximate surface area is 128 Å². The van der Waals surface area contributed by atoms with Crippen molar-refractivity contribution in [2.45, 2.75) is 19.1 Å². The zero-order valence-corrected chi connectivity index (χ0v) is 12.9. The van der Waals surface area contributed by atoms with E-state index in [1.807, 2.05) is 19.1 Å². The number of hydrogen-bond donors (Lipinski definition) is 0. The number of halogens is 2. The Morgan fingerprint density at radius 1 is 1.05 bits per heavy atom. The van der Waals surface area contributed by atoms with Crippen LogP contribution in [0.2, 0.25) is 0 Å². The van der Waals surface area contributed by atoms with Crippen molar-refractivity contribution < 1.29 is 21.4 Å². The van der Waals surface area contributed by atoms with Crippen LogP contribution in [0.4, 0.5) is 8.78 Å². The Bertz CT molecular complexity index is 740. The molecule has 0 amide bonds. The zero-order chi connectivity index (χ0) is 16.2. The minimum atomic E-state index is -3.74. The van der Waals surface area contributed by atoms with Crippen molar-refractivity contribution in [1.82, 2.24) is 0 Å². The molecule has 0 aliphatic carbocycles. The normalized spacial score (nSPS) is 11.6. The van der Waals surface area contributed by atoms with Crippen molar-refractivity contribution in [3.05, 3.63) is 70.8 Å². The van der Waals surface area contributed by atoms with Crippen LogP contribution in [0.5, 0.6) is 0 Å². The van der Waals surface area contributed by atoms with Crippen molar-refractivity contribution in [1.29, 1.82) is 0 Å². The summed E-state index contributed by atoms with van der Waals surface area (Å²) >= 11 is 0. The van der Waals surface area contributed by atoms with E-state index in [9.17, 15) is 17.2 Å². The van der Waals surface area contributed by atoms with Crippen molar-refractivity contribution in [2.75, 3.05) is 6.61 Å². The molecule has 0 atom stereocenters. The molecule has 0 spiro atoms. The number of rotatable bonds is 6. The highest BCUT2D eigenvalue weighted by Crippen LogP contribution is 2.12. The predicted molar refractivity (Wildman–Crippen MR) is 79.8 cm³/mol. The summed E-state index contributed by atoms with van der Waals surface area (Å²) in [6.45, 7) is 1.72. The van der Waals surface area contributed by atoms with Gasteiger partial charge < -0.3 is 0 Å². The fraction of sp³-hybridized carbons (Fsp3) is 0.250. The van der Waals surface area contributed by atoms with Crippen molar-refractivity contribution in [2.24, 2.45) is 0 Å². The second-order valence-electron chi connectivity index (χ2n) is 5.00. The Morgan fingerprint density at radius 3 is 2.36 bits per heavy atom. The Balaban J connectivity index is 1.91. The van der Waals surface area contributed by atoms with Crippen LogP contribution >= 0.6 is 0 Å². The molecule has 22 heavy (non-hydrogen) atoms. The van der Waals surface area contributed by atoms with E-state index in [-0.39, 0.29) is 24.3 Å². The van der Waals surface area contributed by atoms with Gasteiger partial charge in [0, 0.05) is 12.5 Å². The summed E-state index contributed by atoms with van der Waals surface area (Å²) in [5.74, 6) is -1.62. The molecule has 0 N–H and O–H groups in total. The first-order valence-electron chi connectivity index (χ1n) is 6.72. The van der Waals surface area contributed by atoms with Gasteiger partial charge in [0.2, 0.25) is 0 Å². The molecule has 0 fully saturated rings. The van der Waals surface area contributed by atoms with E-state index in [1.54, 1.807) is 12.1 Å². The van der Waals surface area contributed by atoms with Crippen LogP contribution in [-0.2, 0) is 26.5 Å². The van der Waals surface area contributed by atoms with E-state index in [0.717, 1.165) is 17.7 Å². The Morgan fingerprint density at radius 2 is 1.73 bits per heavy atom. The summed E-state index contributed by atoms with van der Waals surface area (Å²) < 4.78 is 54.7. The highest BCUT2D eigenvalue weighted by Gasteiger charge is 2.13. The van der Waals surface area contributed by atoms with Crippen LogP contribution in [0.1, 0.15) is 16.7 Å². The topological polar surface area (TPSA) is 43.4 Å². The van der Waals surface area contributed by atoms with Gasteiger partial charge in [-0.1, -0.05) is 35.9 Å². The van der Waals surface area contributed by atoms with E-state index < -0.39 is 21.8 Å². The molecule has 0 heterocycles. The molecule has 0 aliphatic rings. The highest BCUT2D eigenvalue weighted by molar-refractivity contribution is 7.85. The molecule has 0 aliphatic heterocycles. The molecule has 0 saturated heterocycles. The van der Waals surface area contributed by atoms with Gasteiger partial charge in [0.1, 0.15) is 17.4 Å². The Kier molecular flexibility index (Phi) is 5.26. The summed E-state index contributed by atoms with van der Waals surface area (Å²) in [4.78, 5) is 0. The van der Waals surface area contributed by atoms with Crippen LogP contribution < -0.4 is 0 Å². The molecule has 0 saturated carbocycles. The number of hydrogen-bond acceptors (Lipinski definition) is 3. The molecular weight excluding hydrogens is 310 g/mol. The average Bonchev–Trinajstić information content (AvgIpc) is 2.43. The summed E-state index contributed by atoms with van der Waals surface area (Å²) in [6, 6.07) is 10.2. The van der Waals surface area contributed by atoms with Crippen LogP contribution in [0, 0.1) is 18.6 Å². The van der Waals surface area contributed by atoms with Gasteiger partial charge in [0.15, 0.2) is 0 Å². The monoisotopic (exact) mass is 326 g/mol. The lowest BCUT2D eigenvalue weighted by molar-refractivity contribution is 0.319. The fourth-order valence-corrected chi connectivity index (χ4v) is 2.95. The molecule has 2 rings (SSSR count). The summed E-state index contributed by atoms with van der Waals surface area (Å²) in [6.07, 6.45) is 0.0548. The van der Waals surface area contributed by atoms with E-state index in [2.05, 4.69) is 0 Å². The molecule has 118 valence electrons. The molecular formula is C16H16F2O3S. The molecule has 6 heteroatoms. The second-order valence-corrected chi connectivity index (χ2v) is 6.64. The first-order valence-corrected chi connectivity index (χ1v) is 8.30. The highest BCUT2D eigenvalue weighted by atomic mass is 32.2. The van der Waals surface area contributed by atoms with Gasteiger partial charge in [-0.15, -0.1) is 0 Å². The van der Waals surface area contributed by atoms with Gasteiger partial charge in [-0.3, -0.25) is 4.18 Å². The standard InChI is InChI=1S/C16H16F2O3S/c1-12-2-4-13(5-3-12)11-22(19,20)21-9-8-14-6-7-15(17)10-16(14)18/h2-7,10H,8-9,11H2,1H3. The molecule has 0 bridgehead atoms. The van der Waals surface area contributed by atoms with Gasteiger partial charge in [0.05, 0.1) is 6.61 Å². The first-order chi connectivity index (χ1) is 10.4. The van der Waals surface area contributed by atoms with Gasteiger partial charge in [-0.05, 0) is 24.1 Å². The Hall–Kier alpha value is -1.79. The predicted octanol–water partition coefficient (Wildman–Crippen LogP) is 3.36. The quantitative estimate of drug-likeness (QED) is 0.765. The van der Waals surface area contributed by atoms with Crippen LogP contribution in [0.25, 0.3) is 0 Å². The van der Waals surface area contributed by atoms with E-state index in [0.29, 0.717) is 5.56 Å². The summed E-state index contributed by atoms with van der Waals surface area (Å²) in [5, 5.41) is 0. The largest absolute Gasteiger partial charge is 0.271 e. The van der Waals surface area contributed by atoms with Gasteiger partial charge in [0.25, 0.3) is 10.1 Å². The van der Waals surface area contributed by atoms with E-state index >= 15 is 0 Å². The maximum Gasteiger partial charge on any atom is 0.271 e. The molecule has 2 aromatic carbocycles. The molecule has 2 aromatic rings. The van der Waals surface area contributed by atoms with Crippen molar-refractivity contribution in [3.8, 4) is 0 Å². The molecule has 0 radical (unpaired) electrons. The van der Waals surface area contributed by atoms with E-state index in [4.69, 9.17) is 4.18 Å². The lowest BCUT2D eigenvalue weighted by atomic mass is 10.1. The third kappa shape index (κ3) is 4.89. The summed E-state index contributed by atoms with van der Waals surface area (Å²) in [5.41, 5.74) is 1.87. The van der Waals surface area contributed by atoms with Gasteiger partial charge >= 0.3 is 0 Å². The minimum absolute atomic E-state index is 0.0548. The van der Waals surface area contributed by atoms with Crippen molar-refractivity contribution >= 4 is 10.1 Å². The first kappa shape index (κ1) is 16.6.